The minimum absolute atomic E-state index is 0.347. The van der Waals surface area contributed by atoms with E-state index in [0.717, 1.165) is 6.07 Å². The van der Waals surface area contributed by atoms with E-state index in [1.54, 1.807) is 11.9 Å². The molecule has 0 saturated carbocycles. The summed E-state index contributed by atoms with van der Waals surface area (Å²) in [5, 5.41) is 0. The third kappa shape index (κ3) is 3.89. The van der Waals surface area contributed by atoms with Gasteiger partial charge in [0.2, 0.25) is 0 Å². The van der Waals surface area contributed by atoms with Crippen LogP contribution in [0.3, 0.4) is 0 Å². The van der Waals surface area contributed by atoms with Crippen LogP contribution < -0.4 is 5.73 Å². The van der Waals surface area contributed by atoms with Crippen molar-refractivity contribution in [3.8, 4) is 0 Å². The maximum Gasteiger partial charge on any atom is 0.130 e. The Balaban J connectivity index is 2.68. The highest BCUT2D eigenvalue weighted by Gasteiger charge is 2.07. The molecule has 0 heterocycles. The number of nitrogens with two attached hydrogens (primary N) is 1. The number of halogens is 2. The number of nitrogens with zero attached hydrogens (tertiary/aromatic N) is 1. The van der Waals surface area contributed by atoms with E-state index in [2.05, 4.69) is 0 Å². The second kappa shape index (κ2) is 5.14. The van der Waals surface area contributed by atoms with Gasteiger partial charge in [-0.25, -0.2) is 8.78 Å². The first kappa shape index (κ1) is 12.0. The van der Waals surface area contributed by atoms with Gasteiger partial charge in [0.15, 0.2) is 0 Å². The monoisotopic (exact) mass is 230 g/mol. The molecule has 0 aromatic heterocycles. The number of hydrogen-bond donors (Lipinski definition) is 1. The van der Waals surface area contributed by atoms with Crippen LogP contribution in [0, 0.1) is 11.6 Å². The van der Waals surface area contributed by atoms with Crippen molar-refractivity contribution in [1.82, 2.24) is 4.90 Å². The molecule has 0 aliphatic rings. The molecule has 1 aromatic carbocycles. The SMILES string of the molecule is CN(CC(N)=S)Cc1ccc(F)cc1F. The summed E-state index contributed by atoms with van der Waals surface area (Å²) in [5.74, 6) is -1.13. The van der Waals surface area contributed by atoms with Crippen LogP contribution in [0.4, 0.5) is 8.78 Å². The maximum atomic E-state index is 13.2. The molecule has 0 radical (unpaired) electrons. The number of thiocarbonyl (C=S) groups is 1. The Labute approximate surface area is 92.7 Å². The quantitative estimate of drug-likeness (QED) is 0.798. The molecule has 0 saturated heterocycles. The Bertz CT molecular complexity index is 368. The van der Waals surface area contributed by atoms with Crippen LogP contribution in [-0.2, 0) is 6.54 Å². The lowest BCUT2D eigenvalue weighted by Gasteiger charge is -2.15. The van der Waals surface area contributed by atoms with Crippen LogP contribution in [0.15, 0.2) is 18.2 Å². The van der Waals surface area contributed by atoms with Crippen molar-refractivity contribution >= 4 is 17.2 Å². The molecule has 82 valence electrons. The van der Waals surface area contributed by atoms with Crippen molar-refractivity contribution in [2.45, 2.75) is 6.54 Å². The zero-order chi connectivity index (χ0) is 11.4. The second-order valence-electron chi connectivity index (χ2n) is 3.37. The molecule has 2 nitrogen and oxygen atoms in total. The second-order valence-corrected chi connectivity index (χ2v) is 3.90. The van der Waals surface area contributed by atoms with Gasteiger partial charge in [0.1, 0.15) is 11.6 Å². The predicted molar refractivity (Wildman–Crippen MR) is 59.5 cm³/mol. The Morgan fingerprint density at radius 1 is 1.47 bits per heavy atom. The van der Waals surface area contributed by atoms with Gasteiger partial charge in [-0.1, -0.05) is 18.3 Å². The van der Waals surface area contributed by atoms with E-state index in [4.69, 9.17) is 18.0 Å². The first-order valence-electron chi connectivity index (χ1n) is 4.40. The average Bonchev–Trinajstić information content (AvgIpc) is 2.08. The van der Waals surface area contributed by atoms with Crippen molar-refractivity contribution in [2.24, 2.45) is 5.73 Å². The molecule has 0 aliphatic heterocycles. The van der Waals surface area contributed by atoms with Gasteiger partial charge in [0.25, 0.3) is 0 Å². The molecule has 0 bridgehead atoms. The van der Waals surface area contributed by atoms with Crippen LogP contribution >= 0.6 is 12.2 Å². The molecule has 1 aromatic rings. The van der Waals surface area contributed by atoms with Crippen LogP contribution in [0.25, 0.3) is 0 Å². The first-order chi connectivity index (χ1) is 6.99. The normalized spacial score (nSPS) is 10.7. The largest absolute Gasteiger partial charge is 0.392 e. The zero-order valence-electron chi connectivity index (χ0n) is 8.34. The Morgan fingerprint density at radius 2 is 2.13 bits per heavy atom. The summed E-state index contributed by atoms with van der Waals surface area (Å²) < 4.78 is 25.8. The smallest absolute Gasteiger partial charge is 0.130 e. The Kier molecular flexibility index (Phi) is 4.11. The minimum atomic E-state index is -0.576. The molecule has 2 N–H and O–H groups in total. The highest BCUT2D eigenvalue weighted by Crippen LogP contribution is 2.11. The molecule has 0 atom stereocenters. The highest BCUT2D eigenvalue weighted by molar-refractivity contribution is 7.80. The van der Waals surface area contributed by atoms with Gasteiger partial charge < -0.3 is 5.73 Å². The Hall–Kier alpha value is -1.07. The summed E-state index contributed by atoms with van der Waals surface area (Å²) in [7, 11) is 1.77. The van der Waals surface area contributed by atoms with Crippen molar-refractivity contribution in [3.05, 3.63) is 35.4 Å². The minimum Gasteiger partial charge on any atom is -0.392 e. The molecule has 0 aliphatic carbocycles. The van der Waals surface area contributed by atoms with Gasteiger partial charge in [-0.05, 0) is 13.1 Å². The molecular weight excluding hydrogens is 218 g/mol. The van der Waals surface area contributed by atoms with Crippen LogP contribution in [0.1, 0.15) is 5.56 Å². The van der Waals surface area contributed by atoms with Crippen LogP contribution in [0.2, 0.25) is 0 Å². The summed E-state index contributed by atoms with van der Waals surface area (Å²) in [6.07, 6.45) is 0. The van der Waals surface area contributed by atoms with E-state index in [1.165, 1.54) is 12.1 Å². The van der Waals surface area contributed by atoms with Crippen molar-refractivity contribution in [1.29, 1.82) is 0 Å². The summed E-state index contributed by atoms with van der Waals surface area (Å²) in [4.78, 5) is 2.11. The van der Waals surface area contributed by atoms with E-state index >= 15 is 0 Å². The van der Waals surface area contributed by atoms with Crippen LogP contribution in [-0.4, -0.2) is 23.5 Å². The number of likely N-dealkylation sites (N-methyl/N-ethyl adjacent to an activating group) is 1. The molecule has 0 spiro atoms. The molecule has 1 rings (SSSR count). The summed E-state index contributed by atoms with van der Waals surface area (Å²) in [5.41, 5.74) is 5.77. The zero-order valence-corrected chi connectivity index (χ0v) is 9.15. The summed E-state index contributed by atoms with van der Waals surface area (Å²) >= 11 is 4.72. The highest BCUT2D eigenvalue weighted by atomic mass is 32.1. The average molecular weight is 230 g/mol. The van der Waals surface area contributed by atoms with E-state index in [9.17, 15) is 8.78 Å². The van der Waals surface area contributed by atoms with Gasteiger partial charge in [-0.2, -0.15) is 0 Å². The first-order valence-corrected chi connectivity index (χ1v) is 4.80. The van der Waals surface area contributed by atoms with Gasteiger partial charge in [0.05, 0.1) is 4.99 Å². The molecular formula is C10H12F2N2S. The molecule has 0 fully saturated rings. The summed E-state index contributed by atoms with van der Waals surface area (Å²) in [6.45, 7) is 0.760. The molecule has 0 amide bonds. The van der Waals surface area contributed by atoms with Gasteiger partial charge in [-0.15, -0.1) is 0 Å². The third-order valence-electron chi connectivity index (χ3n) is 1.88. The molecule has 0 unspecified atom stereocenters. The number of hydrogen-bond acceptors (Lipinski definition) is 2. The fourth-order valence-electron chi connectivity index (χ4n) is 1.26. The van der Waals surface area contributed by atoms with Crippen molar-refractivity contribution < 1.29 is 8.78 Å². The van der Waals surface area contributed by atoms with E-state index < -0.39 is 11.6 Å². The molecule has 5 heteroatoms. The van der Waals surface area contributed by atoms with Crippen LogP contribution in [0.5, 0.6) is 0 Å². The fourth-order valence-corrected chi connectivity index (χ4v) is 1.48. The number of benzene rings is 1. The van der Waals surface area contributed by atoms with E-state index in [0.29, 0.717) is 23.6 Å². The lowest BCUT2D eigenvalue weighted by molar-refractivity contribution is 0.366. The number of rotatable bonds is 4. The van der Waals surface area contributed by atoms with Gasteiger partial charge >= 0.3 is 0 Å². The van der Waals surface area contributed by atoms with Crippen molar-refractivity contribution in [2.75, 3.05) is 13.6 Å². The van der Waals surface area contributed by atoms with Gasteiger partial charge in [0, 0.05) is 24.7 Å². The third-order valence-corrected chi connectivity index (χ3v) is 2.01. The topological polar surface area (TPSA) is 29.3 Å². The molecule has 15 heavy (non-hydrogen) atoms. The Morgan fingerprint density at radius 3 is 2.67 bits per heavy atom. The van der Waals surface area contributed by atoms with E-state index in [1.807, 2.05) is 0 Å². The van der Waals surface area contributed by atoms with Gasteiger partial charge in [-0.3, -0.25) is 4.90 Å². The predicted octanol–water partition coefficient (Wildman–Crippen LogP) is 1.68. The standard InChI is InChI=1S/C10H12F2N2S/c1-14(6-10(13)15)5-7-2-3-8(11)4-9(7)12/h2-4H,5-6H2,1H3,(H2,13,15). The summed E-state index contributed by atoms with van der Waals surface area (Å²) in [6, 6.07) is 3.51. The lowest BCUT2D eigenvalue weighted by atomic mass is 10.2. The van der Waals surface area contributed by atoms with Crippen molar-refractivity contribution in [3.63, 3.8) is 0 Å². The fraction of sp³-hybridized carbons (Fsp3) is 0.300. The maximum absolute atomic E-state index is 13.2. The van der Waals surface area contributed by atoms with E-state index in [-0.39, 0.29) is 0 Å². The lowest BCUT2D eigenvalue weighted by Crippen LogP contribution is -2.29.